The molecule has 1 saturated heterocycles. The highest BCUT2D eigenvalue weighted by atomic mass is 16.7. The predicted octanol–water partition coefficient (Wildman–Crippen LogP) is 0.907. The highest BCUT2D eigenvalue weighted by Gasteiger charge is 2.35. The van der Waals surface area contributed by atoms with Gasteiger partial charge in [0.15, 0.2) is 0 Å². The Morgan fingerprint density at radius 2 is 2.35 bits per heavy atom. The third-order valence-corrected chi connectivity index (χ3v) is 4.63. The summed E-state index contributed by atoms with van der Waals surface area (Å²) in [6, 6.07) is 5.87. The second-order valence-electron chi connectivity index (χ2n) is 6.45. The molecule has 0 bridgehead atoms. The Bertz CT molecular complexity index is 499. The molecule has 23 heavy (non-hydrogen) atoms. The number of nitrogens with zero attached hydrogens (tertiary/aromatic N) is 2. The van der Waals surface area contributed by atoms with Crippen LogP contribution >= 0.6 is 0 Å². The summed E-state index contributed by atoms with van der Waals surface area (Å²) in [5, 5.41) is 14.6. The first-order valence-corrected chi connectivity index (χ1v) is 8.46. The number of hydroxylamine groups is 2. The normalized spacial score (nSPS) is 25.8. The monoisotopic (exact) mass is 319 g/mol. The molecule has 1 aromatic heterocycles. The van der Waals surface area contributed by atoms with E-state index >= 15 is 0 Å². The van der Waals surface area contributed by atoms with Crippen LogP contribution in [0.3, 0.4) is 0 Å². The summed E-state index contributed by atoms with van der Waals surface area (Å²) in [7, 11) is 0. The fourth-order valence-corrected chi connectivity index (χ4v) is 3.22. The number of aromatic nitrogens is 1. The van der Waals surface area contributed by atoms with Gasteiger partial charge in [-0.1, -0.05) is 6.07 Å². The lowest BCUT2D eigenvalue weighted by atomic mass is 9.76. The van der Waals surface area contributed by atoms with Gasteiger partial charge >= 0.3 is 0 Å². The number of rotatable bonds is 7. The minimum atomic E-state index is -0.221. The molecule has 1 atom stereocenters. The number of carbonyl (C=O) groups excluding carboxylic acids is 1. The molecule has 126 valence electrons. The third-order valence-electron chi connectivity index (χ3n) is 4.63. The average molecular weight is 319 g/mol. The van der Waals surface area contributed by atoms with E-state index in [2.05, 4.69) is 10.3 Å². The summed E-state index contributed by atoms with van der Waals surface area (Å²) < 4.78 is 0. The van der Waals surface area contributed by atoms with Crippen molar-refractivity contribution in [1.82, 2.24) is 15.4 Å². The lowest BCUT2D eigenvalue weighted by Crippen LogP contribution is -2.48. The van der Waals surface area contributed by atoms with Crippen LogP contribution in [0.4, 0.5) is 0 Å². The molecule has 0 radical (unpaired) electrons. The zero-order valence-electron chi connectivity index (χ0n) is 13.4. The molecule has 1 aromatic rings. The molecular formula is C17H25N3O3. The molecule has 1 amide bonds. The van der Waals surface area contributed by atoms with E-state index in [0.29, 0.717) is 25.3 Å². The second-order valence-corrected chi connectivity index (χ2v) is 6.45. The van der Waals surface area contributed by atoms with E-state index in [1.807, 2.05) is 23.3 Å². The number of nitrogens with one attached hydrogen (secondary N) is 1. The highest BCUT2D eigenvalue weighted by molar-refractivity contribution is 5.76. The van der Waals surface area contributed by atoms with Gasteiger partial charge in [0.25, 0.3) is 0 Å². The number of aliphatic hydroxyl groups excluding tert-OH is 1. The van der Waals surface area contributed by atoms with Gasteiger partial charge in [0, 0.05) is 43.9 Å². The third kappa shape index (κ3) is 4.73. The summed E-state index contributed by atoms with van der Waals surface area (Å²) >= 11 is 0. The van der Waals surface area contributed by atoms with E-state index < -0.39 is 0 Å². The van der Waals surface area contributed by atoms with Gasteiger partial charge in [-0.2, -0.15) is 5.06 Å². The Balaban J connectivity index is 1.51. The van der Waals surface area contributed by atoms with Crippen molar-refractivity contribution in [3.8, 4) is 0 Å². The molecule has 1 saturated carbocycles. The fourth-order valence-electron chi connectivity index (χ4n) is 3.22. The summed E-state index contributed by atoms with van der Waals surface area (Å²) in [6.45, 7) is 2.29. The zero-order valence-corrected chi connectivity index (χ0v) is 13.4. The van der Waals surface area contributed by atoms with Crippen LogP contribution in [-0.2, 0) is 16.1 Å². The van der Waals surface area contributed by atoms with Crippen LogP contribution in [0, 0.1) is 5.92 Å². The molecule has 2 aliphatic rings. The Morgan fingerprint density at radius 1 is 1.48 bits per heavy atom. The lowest BCUT2D eigenvalue weighted by molar-refractivity contribution is -0.131. The quantitative estimate of drug-likeness (QED) is 0.781. The van der Waals surface area contributed by atoms with Gasteiger partial charge in [0.05, 0.1) is 12.7 Å². The van der Waals surface area contributed by atoms with Crippen molar-refractivity contribution in [2.75, 3.05) is 19.7 Å². The number of hydrogen-bond donors (Lipinski definition) is 2. The molecule has 0 unspecified atom stereocenters. The largest absolute Gasteiger partial charge is 0.393 e. The first-order valence-electron chi connectivity index (χ1n) is 8.46. The van der Waals surface area contributed by atoms with Crippen molar-refractivity contribution in [3.63, 3.8) is 0 Å². The van der Waals surface area contributed by atoms with Crippen LogP contribution < -0.4 is 5.32 Å². The minimum Gasteiger partial charge on any atom is -0.393 e. The zero-order chi connectivity index (χ0) is 16.1. The van der Waals surface area contributed by atoms with E-state index in [0.717, 1.165) is 38.1 Å². The number of aliphatic hydroxyl groups is 1. The Labute approximate surface area is 136 Å². The fraction of sp³-hybridized carbons (Fsp3) is 0.647. The van der Waals surface area contributed by atoms with Crippen LogP contribution in [0.2, 0.25) is 0 Å². The number of amides is 1. The van der Waals surface area contributed by atoms with Gasteiger partial charge in [-0.3, -0.25) is 14.6 Å². The van der Waals surface area contributed by atoms with E-state index in [1.165, 1.54) is 0 Å². The number of carbonyl (C=O) groups is 1. The molecule has 2 fully saturated rings. The van der Waals surface area contributed by atoms with Crippen molar-refractivity contribution < 1.29 is 14.7 Å². The Kier molecular flexibility index (Phi) is 5.59. The van der Waals surface area contributed by atoms with Gasteiger partial charge in [0.1, 0.15) is 0 Å². The molecule has 0 aromatic carbocycles. The van der Waals surface area contributed by atoms with Crippen molar-refractivity contribution in [3.05, 3.63) is 30.1 Å². The van der Waals surface area contributed by atoms with E-state index in [4.69, 9.17) is 4.84 Å². The van der Waals surface area contributed by atoms with Crippen molar-refractivity contribution in [2.45, 2.75) is 44.2 Å². The average Bonchev–Trinajstić information content (AvgIpc) is 3.04. The molecule has 2 heterocycles. The predicted molar refractivity (Wildman–Crippen MR) is 85.4 cm³/mol. The molecule has 3 rings (SSSR count). The van der Waals surface area contributed by atoms with Gasteiger partial charge in [0.2, 0.25) is 5.91 Å². The molecule has 1 aliphatic heterocycles. The molecule has 1 aliphatic carbocycles. The summed E-state index contributed by atoms with van der Waals surface area (Å²) in [4.78, 5) is 22.0. The number of pyridine rings is 1. The van der Waals surface area contributed by atoms with Crippen LogP contribution in [0.1, 0.15) is 31.4 Å². The van der Waals surface area contributed by atoms with Crippen LogP contribution in [-0.4, -0.2) is 52.9 Å². The highest BCUT2D eigenvalue weighted by Crippen LogP contribution is 2.31. The molecule has 2 N–H and O–H groups in total. The van der Waals surface area contributed by atoms with Gasteiger partial charge in [-0.25, -0.2) is 0 Å². The first-order chi connectivity index (χ1) is 11.2. The molecule has 6 nitrogen and oxygen atoms in total. The van der Waals surface area contributed by atoms with Crippen molar-refractivity contribution in [2.24, 2.45) is 5.92 Å². The van der Waals surface area contributed by atoms with Crippen LogP contribution in [0.15, 0.2) is 24.4 Å². The maximum absolute atomic E-state index is 12.3. The lowest BCUT2D eigenvalue weighted by Gasteiger charge is -2.38. The van der Waals surface area contributed by atoms with Crippen molar-refractivity contribution in [1.29, 1.82) is 0 Å². The minimum absolute atomic E-state index is 0.0419. The van der Waals surface area contributed by atoms with Gasteiger partial charge in [-0.05, 0) is 37.3 Å². The van der Waals surface area contributed by atoms with Crippen LogP contribution in [0.25, 0.3) is 0 Å². The molecule has 6 heteroatoms. The number of hydrogen-bond acceptors (Lipinski definition) is 5. The van der Waals surface area contributed by atoms with Gasteiger partial charge < -0.3 is 10.4 Å². The Hall–Kier alpha value is -1.50. The first kappa shape index (κ1) is 16.4. The maximum Gasteiger partial charge on any atom is 0.221 e. The van der Waals surface area contributed by atoms with Crippen LogP contribution in [0.5, 0.6) is 0 Å². The SMILES string of the molecule is O=C(CCN1CCCO1)N[C@H](Cc1ccccn1)C1CC(O)C1. The van der Waals surface area contributed by atoms with Gasteiger partial charge in [-0.15, -0.1) is 0 Å². The second kappa shape index (κ2) is 7.86. The van der Waals surface area contributed by atoms with Crippen molar-refractivity contribution >= 4 is 5.91 Å². The maximum atomic E-state index is 12.3. The molecular weight excluding hydrogens is 294 g/mol. The summed E-state index contributed by atoms with van der Waals surface area (Å²) in [5.41, 5.74) is 0.974. The summed E-state index contributed by atoms with van der Waals surface area (Å²) in [6.07, 6.45) is 5.25. The molecule has 0 spiro atoms. The smallest absolute Gasteiger partial charge is 0.221 e. The van der Waals surface area contributed by atoms with E-state index in [9.17, 15) is 9.90 Å². The Morgan fingerprint density at radius 3 is 3.00 bits per heavy atom. The summed E-state index contributed by atoms with van der Waals surface area (Å²) in [5.74, 6) is 0.377. The standard InChI is InChI=1S/C17H25N3O3/c21-15-10-13(11-15)16(12-14-4-1-2-6-18-14)19-17(22)5-8-20-7-3-9-23-20/h1-2,4,6,13,15-16,21H,3,5,7-12H2,(H,19,22)/t13?,15?,16-/m1/s1. The van der Waals surface area contributed by atoms with E-state index in [1.54, 1.807) is 6.20 Å². The van der Waals surface area contributed by atoms with E-state index in [-0.39, 0.29) is 18.1 Å². The topological polar surface area (TPSA) is 74.7 Å².